The summed E-state index contributed by atoms with van der Waals surface area (Å²) in [6, 6.07) is 10.9. The highest BCUT2D eigenvalue weighted by atomic mass is 14.9. The van der Waals surface area contributed by atoms with E-state index >= 15 is 0 Å². The Kier molecular flexibility index (Phi) is 6.00. The van der Waals surface area contributed by atoms with Crippen molar-refractivity contribution in [1.82, 2.24) is 0 Å². The molecule has 0 amide bonds. The number of nitrogens with zero attached hydrogens (tertiary/aromatic N) is 3. The van der Waals surface area contributed by atoms with Gasteiger partial charge < -0.3 is 5.32 Å². The molecule has 0 aliphatic carbocycles. The van der Waals surface area contributed by atoms with Crippen molar-refractivity contribution in [2.24, 2.45) is 0 Å². The monoisotopic (exact) mass is 274 g/mol. The Morgan fingerprint density at radius 3 is 2.24 bits per heavy atom. The van der Waals surface area contributed by atoms with E-state index in [0.29, 0.717) is 18.5 Å². The molecule has 4 heteroatoms. The number of hydrogen-bond acceptors (Lipinski definition) is 4. The van der Waals surface area contributed by atoms with Crippen molar-refractivity contribution in [2.75, 3.05) is 5.32 Å². The number of anilines is 1. The lowest BCUT2D eigenvalue weighted by molar-refractivity contribution is 1.15. The molecule has 1 aromatic carbocycles. The molecule has 1 N–H and O–H groups in total. The smallest absolute Gasteiger partial charge is 0.163 e. The lowest BCUT2D eigenvalue weighted by Crippen LogP contribution is -2.05. The molecule has 21 heavy (non-hydrogen) atoms. The first kappa shape index (κ1) is 15.8. The number of allylic oxidation sites excluding steroid dienone is 4. The minimum Gasteiger partial charge on any atom is -0.345 e. The molecule has 0 aromatic heterocycles. The lowest BCUT2D eigenvalue weighted by atomic mass is 9.99. The van der Waals surface area contributed by atoms with Crippen LogP contribution in [-0.2, 0) is 12.8 Å². The first-order valence-electron chi connectivity index (χ1n) is 6.25. The maximum Gasteiger partial charge on any atom is 0.163 e. The third kappa shape index (κ3) is 3.83. The summed E-state index contributed by atoms with van der Waals surface area (Å²) in [4.78, 5) is 0. The van der Waals surface area contributed by atoms with E-state index in [4.69, 9.17) is 15.8 Å². The minimum absolute atomic E-state index is 0.0546. The summed E-state index contributed by atoms with van der Waals surface area (Å²) in [7, 11) is 0. The third-order valence-corrected chi connectivity index (χ3v) is 2.83. The zero-order valence-electron chi connectivity index (χ0n) is 11.6. The summed E-state index contributed by atoms with van der Waals surface area (Å²) < 4.78 is 0. The predicted molar refractivity (Wildman–Crippen MR) is 81.7 cm³/mol. The topological polar surface area (TPSA) is 83.4 Å². The van der Waals surface area contributed by atoms with E-state index in [0.717, 1.165) is 11.1 Å². The molecule has 0 aliphatic heterocycles. The van der Waals surface area contributed by atoms with E-state index in [1.54, 1.807) is 30.4 Å². The Hall–Kier alpha value is -3.29. The van der Waals surface area contributed by atoms with Crippen molar-refractivity contribution in [3.8, 4) is 18.2 Å². The minimum atomic E-state index is -0.240. The molecule has 4 nitrogen and oxygen atoms in total. The first-order valence-corrected chi connectivity index (χ1v) is 6.25. The lowest BCUT2D eigenvalue weighted by Gasteiger charge is -2.14. The Bertz CT molecular complexity index is 690. The van der Waals surface area contributed by atoms with Crippen LogP contribution >= 0.6 is 0 Å². The van der Waals surface area contributed by atoms with Gasteiger partial charge in [0, 0.05) is 5.69 Å². The molecular formula is C17H14N4. The summed E-state index contributed by atoms with van der Waals surface area (Å²) in [6.07, 6.45) is 4.86. The molecule has 1 aromatic rings. The highest BCUT2D eigenvalue weighted by Crippen LogP contribution is 2.24. The maximum atomic E-state index is 9.10. The summed E-state index contributed by atoms with van der Waals surface area (Å²) >= 11 is 0. The Balaban J connectivity index is 3.35. The van der Waals surface area contributed by atoms with Crippen molar-refractivity contribution >= 4 is 5.69 Å². The van der Waals surface area contributed by atoms with Gasteiger partial charge in [-0.1, -0.05) is 24.3 Å². The van der Waals surface area contributed by atoms with Crippen molar-refractivity contribution in [1.29, 1.82) is 15.8 Å². The van der Waals surface area contributed by atoms with E-state index in [-0.39, 0.29) is 11.3 Å². The molecule has 0 heterocycles. The molecule has 0 radical (unpaired) electrons. The predicted octanol–water partition coefficient (Wildman–Crippen LogP) is 3.38. The number of hydrogen-bond donors (Lipinski definition) is 1. The van der Waals surface area contributed by atoms with Crippen molar-refractivity contribution in [2.45, 2.75) is 12.8 Å². The number of benzene rings is 1. The summed E-state index contributed by atoms with van der Waals surface area (Å²) in [5, 5.41) is 29.7. The molecule has 0 unspecified atom stereocenters. The van der Waals surface area contributed by atoms with Crippen LogP contribution in [0.1, 0.15) is 11.1 Å². The largest absolute Gasteiger partial charge is 0.345 e. The van der Waals surface area contributed by atoms with Gasteiger partial charge in [-0.05, 0) is 30.0 Å². The molecule has 1 rings (SSSR count). The second kappa shape index (κ2) is 8.00. The van der Waals surface area contributed by atoms with Crippen molar-refractivity contribution < 1.29 is 0 Å². The summed E-state index contributed by atoms with van der Waals surface area (Å²) in [5.74, 6) is 0. The summed E-state index contributed by atoms with van der Waals surface area (Å²) in [6.45, 7) is 7.45. The Labute approximate surface area is 124 Å². The molecule has 102 valence electrons. The average molecular weight is 274 g/mol. The van der Waals surface area contributed by atoms with Gasteiger partial charge in [0.15, 0.2) is 5.57 Å². The van der Waals surface area contributed by atoms with Crippen molar-refractivity contribution in [3.05, 3.63) is 65.9 Å². The number of rotatable bonds is 6. The average Bonchev–Trinajstić information content (AvgIpc) is 2.50. The van der Waals surface area contributed by atoms with E-state index in [1.807, 2.05) is 18.2 Å². The third-order valence-electron chi connectivity index (χ3n) is 2.83. The summed E-state index contributed by atoms with van der Waals surface area (Å²) in [5.41, 5.74) is 2.42. The van der Waals surface area contributed by atoms with Gasteiger partial charge in [-0.25, -0.2) is 0 Å². The van der Waals surface area contributed by atoms with Crippen LogP contribution in [0.4, 0.5) is 5.69 Å². The molecular weight excluding hydrogens is 260 g/mol. The van der Waals surface area contributed by atoms with Gasteiger partial charge in [0.25, 0.3) is 0 Å². The van der Waals surface area contributed by atoms with Gasteiger partial charge in [-0.15, -0.1) is 13.2 Å². The maximum absolute atomic E-state index is 9.10. The van der Waals surface area contributed by atoms with Crippen molar-refractivity contribution in [3.63, 3.8) is 0 Å². The van der Waals surface area contributed by atoms with E-state index < -0.39 is 0 Å². The second-order valence-corrected chi connectivity index (χ2v) is 4.14. The van der Waals surface area contributed by atoms with Gasteiger partial charge in [-0.2, -0.15) is 15.8 Å². The zero-order valence-corrected chi connectivity index (χ0v) is 11.6. The fraction of sp³-hybridized carbons (Fsp3) is 0.118. The molecule has 0 atom stereocenters. The van der Waals surface area contributed by atoms with Crippen LogP contribution in [0.15, 0.2) is 54.8 Å². The zero-order chi connectivity index (χ0) is 15.7. The molecule has 0 aliphatic rings. The normalized spacial score (nSPS) is 8.62. The quantitative estimate of drug-likeness (QED) is 0.636. The first-order chi connectivity index (χ1) is 10.2. The Morgan fingerprint density at radius 2 is 1.71 bits per heavy atom. The van der Waals surface area contributed by atoms with Gasteiger partial charge in [-0.3, -0.25) is 0 Å². The molecule has 0 fully saturated rings. The standard InChI is InChI=1S/C17H14N4/c1-3-6-13-8-5-9-16(15(13)7-4-2)21-17(12-20)14(10-18)11-19/h3-5,8-9,21H,1-2,6-7H2. The van der Waals surface area contributed by atoms with Crippen LogP contribution in [0.2, 0.25) is 0 Å². The fourth-order valence-corrected chi connectivity index (χ4v) is 1.90. The van der Waals surface area contributed by atoms with E-state index in [9.17, 15) is 0 Å². The molecule has 0 bridgehead atoms. The van der Waals surface area contributed by atoms with Crippen LogP contribution < -0.4 is 5.32 Å². The van der Waals surface area contributed by atoms with Crippen LogP contribution in [0.3, 0.4) is 0 Å². The molecule has 0 saturated carbocycles. The number of nitriles is 3. The Morgan fingerprint density at radius 1 is 1.05 bits per heavy atom. The SMILES string of the molecule is C=CCc1cccc(NC(C#N)=C(C#N)C#N)c1CC=C. The van der Waals surface area contributed by atoms with Crippen LogP contribution in [0, 0.1) is 34.0 Å². The van der Waals surface area contributed by atoms with E-state index in [1.165, 1.54) is 0 Å². The van der Waals surface area contributed by atoms with Crippen LogP contribution in [0.5, 0.6) is 0 Å². The van der Waals surface area contributed by atoms with Gasteiger partial charge in [0.1, 0.15) is 23.9 Å². The molecule has 0 saturated heterocycles. The van der Waals surface area contributed by atoms with Gasteiger partial charge in [0.2, 0.25) is 0 Å². The van der Waals surface area contributed by atoms with E-state index in [2.05, 4.69) is 18.5 Å². The number of nitrogens with one attached hydrogen (secondary N) is 1. The fourth-order valence-electron chi connectivity index (χ4n) is 1.90. The van der Waals surface area contributed by atoms with Crippen LogP contribution in [0.25, 0.3) is 0 Å². The van der Waals surface area contributed by atoms with Gasteiger partial charge >= 0.3 is 0 Å². The van der Waals surface area contributed by atoms with Gasteiger partial charge in [0.05, 0.1) is 0 Å². The highest BCUT2D eigenvalue weighted by molar-refractivity contribution is 5.63. The molecule has 0 spiro atoms. The van der Waals surface area contributed by atoms with Crippen LogP contribution in [-0.4, -0.2) is 0 Å². The second-order valence-electron chi connectivity index (χ2n) is 4.14. The highest BCUT2D eigenvalue weighted by Gasteiger charge is 2.11.